The van der Waals surface area contributed by atoms with E-state index >= 15 is 0 Å². The fraction of sp³-hybridized carbons (Fsp3) is 0.200. The van der Waals surface area contributed by atoms with E-state index < -0.39 is 0 Å². The Morgan fingerprint density at radius 3 is 2.47 bits per heavy atom. The molecule has 0 aromatic heterocycles. The third kappa shape index (κ3) is 3.56. The van der Waals surface area contributed by atoms with Gasteiger partial charge in [0.05, 0.1) is 5.88 Å². The van der Waals surface area contributed by atoms with Gasteiger partial charge in [0, 0.05) is 34.9 Å². The molecule has 0 saturated carbocycles. The molecule has 1 nitrogen and oxygen atoms in total. The zero-order valence-corrected chi connectivity index (χ0v) is 12.8. The lowest BCUT2D eigenvalue weighted by Gasteiger charge is -2.22. The smallest absolute Gasteiger partial charge is 0.0509 e. The molecule has 0 aliphatic carbocycles. The second-order valence-electron chi connectivity index (χ2n) is 4.36. The molecule has 0 aliphatic rings. The first-order chi connectivity index (χ1) is 9.11. The molecule has 0 heterocycles. The highest BCUT2D eigenvalue weighted by Crippen LogP contribution is 2.29. The number of benzene rings is 2. The van der Waals surface area contributed by atoms with Crippen molar-refractivity contribution in [1.82, 2.24) is 0 Å². The van der Waals surface area contributed by atoms with Gasteiger partial charge in [-0.3, -0.25) is 0 Å². The van der Waals surface area contributed by atoms with Crippen LogP contribution in [0.2, 0.25) is 10.0 Å². The molecule has 0 amide bonds. The maximum absolute atomic E-state index is 6.17. The predicted molar refractivity (Wildman–Crippen MR) is 84.6 cm³/mol. The van der Waals surface area contributed by atoms with E-state index in [2.05, 4.69) is 4.90 Å². The SMILES string of the molecule is CN(Cc1cccc(Cl)c1)c1cccc(Cl)c1CCl. The zero-order valence-electron chi connectivity index (χ0n) is 10.5. The summed E-state index contributed by atoms with van der Waals surface area (Å²) in [5.41, 5.74) is 3.15. The van der Waals surface area contributed by atoms with Gasteiger partial charge in [-0.2, -0.15) is 0 Å². The average Bonchev–Trinajstić information content (AvgIpc) is 2.38. The quantitative estimate of drug-likeness (QED) is 0.686. The van der Waals surface area contributed by atoms with Crippen molar-refractivity contribution in [3.63, 3.8) is 0 Å². The van der Waals surface area contributed by atoms with Gasteiger partial charge in [-0.15, -0.1) is 11.6 Å². The van der Waals surface area contributed by atoms with Crippen LogP contribution in [0.4, 0.5) is 5.69 Å². The van der Waals surface area contributed by atoms with Gasteiger partial charge in [0.1, 0.15) is 0 Å². The number of nitrogens with zero attached hydrogens (tertiary/aromatic N) is 1. The predicted octanol–water partition coefficient (Wildman–Crippen LogP) is 5.37. The Morgan fingerprint density at radius 2 is 1.79 bits per heavy atom. The van der Waals surface area contributed by atoms with Crippen molar-refractivity contribution in [3.8, 4) is 0 Å². The lowest BCUT2D eigenvalue weighted by Crippen LogP contribution is -2.17. The van der Waals surface area contributed by atoms with Crippen molar-refractivity contribution >= 4 is 40.5 Å². The number of halogens is 3. The highest BCUT2D eigenvalue weighted by molar-refractivity contribution is 6.32. The standard InChI is InChI=1S/C15H14Cl3N/c1-19(10-11-4-2-5-12(17)8-11)15-7-3-6-14(18)13(15)9-16/h2-8H,9-10H2,1H3. The minimum absolute atomic E-state index is 0.398. The van der Waals surface area contributed by atoms with E-state index in [0.717, 1.165) is 28.4 Å². The molecular weight excluding hydrogens is 301 g/mol. The molecule has 0 aliphatic heterocycles. The van der Waals surface area contributed by atoms with Gasteiger partial charge in [0.2, 0.25) is 0 Å². The summed E-state index contributed by atoms with van der Waals surface area (Å²) >= 11 is 18.1. The molecule has 19 heavy (non-hydrogen) atoms. The minimum atomic E-state index is 0.398. The van der Waals surface area contributed by atoms with Gasteiger partial charge in [-0.05, 0) is 29.8 Å². The van der Waals surface area contributed by atoms with Crippen LogP contribution in [0.25, 0.3) is 0 Å². The van der Waals surface area contributed by atoms with Gasteiger partial charge >= 0.3 is 0 Å². The fourth-order valence-corrected chi connectivity index (χ4v) is 2.83. The van der Waals surface area contributed by atoms with Gasteiger partial charge in [0.15, 0.2) is 0 Å². The molecule has 0 bridgehead atoms. The molecule has 100 valence electrons. The molecule has 2 aromatic rings. The van der Waals surface area contributed by atoms with Crippen LogP contribution in [-0.4, -0.2) is 7.05 Å². The monoisotopic (exact) mass is 313 g/mol. The van der Waals surface area contributed by atoms with E-state index in [1.165, 1.54) is 0 Å². The molecule has 2 rings (SSSR count). The third-order valence-corrected chi connectivity index (χ3v) is 3.80. The van der Waals surface area contributed by atoms with Gasteiger partial charge in [-0.1, -0.05) is 41.4 Å². The molecule has 2 aromatic carbocycles. The Labute approximate surface area is 128 Å². The topological polar surface area (TPSA) is 3.24 Å². The van der Waals surface area contributed by atoms with Crippen LogP contribution in [0.5, 0.6) is 0 Å². The normalized spacial score (nSPS) is 10.5. The van der Waals surface area contributed by atoms with E-state index in [0.29, 0.717) is 10.9 Å². The molecule has 0 radical (unpaired) electrons. The van der Waals surface area contributed by atoms with Crippen LogP contribution in [0.1, 0.15) is 11.1 Å². The van der Waals surface area contributed by atoms with Crippen LogP contribution in [0.3, 0.4) is 0 Å². The average molecular weight is 315 g/mol. The van der Waals surface area contributed by atoms with Crippen molar-refractivity contribution in [3.05, 3.63) is 63.6 Å². The van der Waals surface area contributed by atoms with E-state index in [4.69, 9.17) is 34.8 Å². The molecule has 0 spiro atoms. The maximum atomic E-state index is 6.17. The van der Waals surface area contributed by atoms with E-state index in [1.54, 1.807) is 0 Å². The Balaban J connectivity index is 2.25. The number of hydrogen-bond acceptors (Lipinski definition) is 1. The van der Waals surface area contributed by atoms with E-state index in [-0.39, 0.29) is 0 Å². The summed E-state index contributed by atoms with van der Waals surface area (Å²) in [6.07, 6.45) is 0. The molecule has 0 unspecified atom stereocenters. The first kappa shape index (κ1) is 14.5. The molecule has 0 fully saturated rings. The van der Waals surface area contributed by atoms with E-state index in [9.17, 15) is 0 Å². The fourth-order valence-electron chi connectivity index (χ4n) is 2.03. The summed E-state index contributed by atoms with van der Waals surface area (Å²) in [6.45, 7) is 0.755. The summed E-state index contributed by atoms with van der Waals surface area (Å²) in [6, 6.07) is 13.6. The van der Waals surface area contributed by atoms with Gasteiger partial charge in [0.25, 0.3) is 0 Å². The first-order valence-corrected chi connectivity index (χ1v) is 7.20. The highest BCUT2D eigenvalue weighted by atomic mass is 35.5. The Bertz CT molecular complexity index is 569. The Hall–Kier alpha value is -0.890. The lowest BCUT2D eigenvalue weighted by molar-refractivity contribution is 0.916. The summed E-state index contributed by atoms with van der Waals surface area (Å²) in [4.78, 5) is 2.12. The highest BCUT2D eigenvalue weighted by Gasteiger charge is 2.10. The second kappa shape index (κ2) is 6.51. The number of hydrogen-bond donors (Lipinski definition) is 0. The molecule has 0 N–H and O–H groups in total. The number of anilines is 1. The summed E-state index contributed by atoms with van der Waals surface area (Å²) in [7, 11) is 2.02. The number of rotatable bonds is 4. The van der Waals surface area contributed by atoms with Crippen LogP contribution in [0, 0.1) is 0 Å². The largest absolute Gasteiger partial charge is 0.370 e. The molecule has 4 heteroatoms. The summed E-state index contributed by atoms with van der Waals surface area (Å²) in [5, 5.41) is 1.44. The van der Waals surface area contributed by atoms with Crippen LogP contribution >= 0.6 is 34.8 Å². The molecular formula is C15H14Cl3N. The summed E-state index contributed by atoms with van der Waals surface area (Å²) in [5.74, 6) is 0.398. The van der Waals surface area contributed by atoms with Crippen LogP contribution in [-0.2, 0) is 12.4 Å². The Morgan fingerprint density at radius 1 is 1.05 bits per heavy atom. The van der Waals surface area contributed by atoms with Gasteiger partial charge < -0.3 is 4.90 Å². The van der Waals surface area contributed by atoms with Crippen molar-refractivity contribution in [1.29, 1.82) is 0 Å². The van der Waals surface area contributed by atoms with Crippen molar-refractivity contribution in [2.45, 2.75) is 12.4 Å². The minimum Gasteiger partial charge on any atom is -0.370 e. The van der Waals surface area contributed by atoms with Crippen LogP contribution in [0.15, 0.2) is 42.5 Å². The van der Waals surface area contributed by atoms with E-state index in [1.807, 2.05) is 49.5 Å². The first-order valence-electron chi connectivity index (χ1n) is 5.90. The van der Waals surface area contributed by atoms with Crippen molar-refractivity contribution in [2.24, 2.45) is 0 Å². The summed E-state index contributed by atoms with van der Waals surface area (Å²) < 4.78 is 0. The molecule has 0 saturated heterocycles. The molecule has 0 atom stereocenters. The van der Waals surface area contributed by atoms with Crippen LogP contribution < -0.4 is 4.90 Å². The van der Waals surface area contributed by atoms with Crippen molar-refractivity contribution in [2.75, 3.05) is 11.9 Å². The van der Waals surface area contributed by atoms with Crippen molar-refractivity contribution < 1.29 is 0 Å². The lowest BCUT2D eigenvalue weighted by atomic mass is 10.1. The second-order valence-corrected chi connectivity index (χ2v) is 5.47. The third-order valence-electron chi connectivity index (χ3n) is 2.95. The maximum Gasteiger partial charge on any atom is 0.0509 e. The van der Waals surface area contributed by atoms with Gasteiger partial charge in [-0.25, -0.2) is 0 Å². The zero-order chi connectivity index (χ0) is 13.8. The number of alkyl halides is 1. The Kier molecular flexibility index (Phi) is 4.98.